The van der Waals surface area contributed by atoms with Gasteiger partial charge in [0.15, 0.2) is 5.11 Å². The summed E-state index contributed by atoms with van der Waals surface area (Å²) in [5, 5.41) is 7.02. The van der Waals surface area contributed by atoms with Gasteiger partial charge in [0.25, 0.3) is 0 Å². The quantitative estimate of drug-likeness (QED) is 0.447. The van der Waals surface area contributed by atoms with Gasteiger partial charge in [0.05, 0.1) is 17.8 Å². The fourth-order valence-corrected chi connectivity index (χ4v) is 5.56. The molecule has 3 heterocycles. The van der Waals surface area contributed by atoms with Gasteiger partial charge in [-0.05, 0) is 73.1 Å². The second kappa shape index (κ2) is 10.6. The van der Waals surface area contributed by atoms with E-state index in [1.54, 1.807) is 0 Å². The molecule has 0 spiro atoms. The lowest BCUT2D eigenvalue weighted by Crippen LogP contribution is -2.29. The summed E-state index contributed by atoms with van der Waals surface area (Å²) < 4.78 is 7.29. The number of carbonyl (C=O) groups excluding carboxylic acids is 1. The number of nitrogens with zero attached hydrogens (tertiary/aromatic N) is 3. The van der Waals surface area contributed by atoms with Crippen molar-refractivity contribution in [2.75, 3.05) is 23.9 Å². The number of ether oxygens (including phenoxy) is 1. The van der Waals surface area contributed by atoms with Crippen molar-refractivity contribution >= 4 is 34.6 Å². The van der Waals surface area contributed by atoms with E-state index >= 15 is 0 Å². The molecule has 1 aliphatic heterocycles. The zero-order chi connectivity index (χ0) is 24.2. The topological polar surface area (TPSA) is 71.4 Å². The molecular formula is C27H31N5O2S. The molecule has 2 atom stereocenters. The van der Waals surface area contributed by atoms with Crippen LogP contribution in [0.2, 0.25) is 0 Å². The minimum Gasteiger partial charge on any atom is -0.375 e. The van der Waals surface area contributed by atoms with Crippen molar-refractivity contribution in [1.29, 1.82) is 0 Å². The van der Waals surface area contributed by atoms with Crippen LogP contribution in [0, 0.1) is 0 Å². The Hall–Kier alpha value is -3.23. The van der Waals surface area contributed by atoms with Crippen LogP contribution in [-0.4, -0.2) is 34.3 Å². The highest BCUT2D eigenvalue weighted by molar-refractivity contribution is 7.80. The molecule has 2 aliphatic rings. The highest BCUT2D eigenvalue weighted by Gasteiger charge is 2.41. The molecule has 182 valence electrons. The summed E-state index contributed by atoms with van der Waals surface area (Å²) >= 11 is 5.84. The molecule has 0 radical (unpaired) electrons. The normalized spacial score (nSPS) is 20.6. The third-order valence-electron chi connectivity index (χ3n) is 6.88. The zero-order valence-corrected chi connectivity index (χ0v) is 20.7. The molecule has 2 aromatic heterocycles. The molecule has 1 saturated heterocycles. The summed E-state index contributed by atoms with van der Waals surface area (Å²) in [5.74, 6) is -0.184. The lowest BCUT2D eigenvalue weighted by Gasteiger charge is -2.28. The lowest BCUT2D eigenvalue weighted by molar-refractivity contribution is -0.119. The number of nitrogens with one attached hydrogen (secondary N) is 2. The number of methoxy groups -OCH3 is 1. The van der Waals surface area contributed by atoms with Crippen LogP contribution in [-0.2, 0) is 9.53 Å². The summed E-state index contributed by atoms with van der Waals surface area (Å²) in [5.41, 5.74) is 3.84. The Kier molecular flexibility index (Phi) is 7.11. The summed E-state index contributed by atoms with van der Waals surface area (Å²) in [4.78, 5) is 18.7. The summed E-state index contributed by atoms with van der Waals surface area (Å²) in [6.07, 6.45) is 12.7. The first kappa shape index (κ1) is 23.5. The van der Waals surface area contributed by atoms with Gasteiger partial charge in [-0.15, -0.1) is 0 Å². The third-order valence-corrected chi connectivity index (χ3v) is 7.19. The van der Waals surface area contributed by atoms with Crippen molar-refractivity contribution in [3.8, 4) is 0 Å². The average molecular weight is 490 g/mol. The number of rotatable bonds is 7. The first-order valence-electron chi connectivity index (χ1n) is 12.2. The zero-order valence-electron chi connectivity index (χ0n) is 19.9. The standard InChI is InChI=1S/C27H31N5O2S/c1-34-18-24(33)29-20-10-12-22(13-11-20)32-26(25(30-27(32)35)23-9-5-6-15-28-23)19-14-16-31(17-19)21-7-3-2-4-8-21/h5-6,9-17,21,25-26H,2-4,7-8,18H2,1H3,(H,29,33)(H,30,35)/t25-,26-/m1/s1. The van der Waals surface area contributed by atoms with Crippen molar-refractivity contribution < 1.29 is 9.53 Å². The number of carbonyl (C=O) groups is 1. The molecule has 0 unspecified atom stereocenters. The summed E-state index contributed by atoms with van der Waals surface area (Å²) in [6.45, 7) is 0.0215. The SMILES string of the molecule is COCC(=O)Nc1ccc(N2C(=S)N[C@H](c3ccccn3)[C@H]2c2ccn(C3CCCCC3)c2)cc1. The monoisotopic (exact) mass is 489 g/mol. The number of anilines is 2. The van der Waals surface area contributed by atoms with Crippen molar-refractivity contribution in [2.24, 2.45) is 0 Å². The molecule has 2 fully saturated rings. The molecule has 1 amide bonds. The molecule has 35 heavy (non-hydrogen) atoms. The minimum absolute atomic E-state index is 0.0215. The first-order chi connectivity index (χ1) is 17.1. The maximum Gasteiger partial charge on any atom is 0.250 e. The summed E-state index contributed by atoms with van der Waals surface area (Å²) in [7, 11) is 1.50. The van der Waals surface area contributed by atoms with E-state index in [0.29, 0.717) is 11.2 Å². The Bertz CT molecular complexity index is 1160. The highest BCUT2D eigenvalue weighted by Crippen LogP contribution is 2.42. The second-order valence-electron chi connectivity index (χ2n) is 9.21. The number of hydrogen-bond acceptors (Lipinski definition) is 4. The molecule has 0 bridgehead atoms. The summed E-state index contributed by atoms with van der Waals surface area (Å²) in [6, 6.07) is 16.4. The number of pyridine rings is 1. The van der Waals surface area contributed by atoms with Crippen LogP contribution in [0.3, 0.4) is 0 Å². The maximum atomic E-state index is 11.9. The third kappa shape index (κ3) is 5.09. The first-order valence-corrected chi connectivity index (χ1v) is 12.6. The van der Waals surface area contributed by atoms with E-state index < -0.39 is 0 Å². The van der Waals surface area contributed by atoms with Gasteiger partial charge >= 0.3 is 0 Å². The molecule has 1 aromatic carbocycles. The van der Waals surface area contributed by atoms with Gasteiger partial charge in [-0.3, -0.25) is 9.78 Å². The molecule has 8 heteroatoms. The predicted molar refractivity (Wildman–Crippen MR) is 141 cm³/mol. The van der Waals surface area contributed by atoms with Crippen molar-refractivity contribution in [2.45, 2.75) is 50.2 Å². The van der Waals surface area contributed by atoms with Crippen LogP contribution in [0.1, 0.15) is 61.5 Å². The van der Waals surface area contributed by atoms with Crippen LogP contribution in [0.4, 0.5) is 11.4 Å². The highest BCUT2D eigenvalue weighted by atomic mass is 32.1. The molecule has 5 rings (SSSR count). The van der Waals surface area contributed by atoms with E-state index in [-0.39, 0.29) is 24.6 Å². The van der Waals surface area contributed by atoms with Crippen LogP contribution in [0.25, 0.3) is 0 Å². The van der Waals surface area contributed by atoms with Gasteiger partial charge in [0, 0.05) is 43.1 Å². The smallest absolute Gasteiger partial charge is 0.250 e. The molecule has 1 saturated carbocycles. The predicted octanol–water partition coefficient (Wildman–Crippen LogP) is 5.15. The van der Waals surface area contributed by atoms with Crippen molar-refractivity contribution in [3.63, 3.8) is 0 Å². The van der Waals surface area contributed by atoms with E-state index in [1.165, 1.54) is 44.8 Å². The molecule has 3 aromatic rings. The second-order valence-corrected chi connectivity index (χ2v) is 9.60. The van der Waals surface area contributed by atoms with Gasteiger partial charge in [0.2, 0.25) is 5.91 Å². The number of amides is 1. The number of hydrogen-bond donors (Lipinski definition) is 2. The Morgan fingerprint density at radius 2 is 1.94 bits per heavy atom. The largest absolute Gasteiger partial charge is 0.375 e. The molecule has 1 aliphatic carbocycles. The lowest BCUT2D eigenvalue weighted by atomic mass is 9.95. The van der Waals surface area contributed by atoms with Crippen LogP contribution < -0.4 is 15.5 Å². The van der Waals surface area contributed by atoms with Crippen molar-refractivity contribution in [1.82, 2.24) is 14.9 Å². The van der Waals surface area contributed by atoms with Gasteiger partial charge < -0.3 is 24.8 Å². The minimum atomic E-state index is -0.184. The van der Waals surface area contributed by atoms with Gasteiger partial charge in [-0.1, -0.05) is 25.3 Å². The van der Waals surface area contributed by atoms with Crippen LogP contribution in [0.15, 0.2) is 67.1 Å². The molecular weight excluding hydrogens is 458 g/mol. The van der Waals surface area contributed by atoms with E-state index in [0.717, 1.165) is 17.1 Å². The van der Waals surface area contributed by atoms with Crippen LogP contribution >= 0.6 is 12.2 Å². The van der Waals surface area contributed by atoms with Gasteiger partial charge in [-0.2, -0.15) is 0 Å². The number of benzene rings is 1. The van der Waals surface area contributed by atoms with E-state index in [4.69, 9.17) is 17.0 Å². The fourth-order valence-electron chi connectivity index (χ4n) is 5.22. The molecule has 7 nitrogen and oxygen atoms in total. The van der Waals surface area contributed by atoms with E-state index in [2.05, 4.69) is 43.5 Å². The van der Waals surface area contributed by atoms with Crippen molar-refractivity contribution in [3.05, 3.63) is 78.4 Å². The Balaban J connectivity index is 1.46. The van der Waals surface area contributed by atoms with E-state index in [9.17, 15) is 4.79 Å². The van der Waals surface area contributed by atoms with Gasteiger partial charge in [0.1, 0.15) is 6.61 Å². The average Bonchev–Trinajstić information content (AvgIpc) is 3.50. The Morgan fingerprint density at radius 3 is 2.66 bits per heavy atom. The number of aromatic nitrogens is 2. The van der Waals surface area contributed by atoms with Gasteiger partial charge in [-0.25, -0.2) is 0 Å². The Labute approximate surface area is 211 Å². The number of thiocarbonyl (C=S) groups is 1. The maximum absolute atomic E-state index is 11.9. The van der Waals surface area contributed by atoms with E-state index in [1.807, 2.05) is 48.7 Å². The Morgan fingerprint density at radius 1 is 1.14 bits per heavy atom. The molecule has 2 N–H and O–H groups in total. The van der Waals surface area contributed by atoms with Crippen LogP contribution in [0.5, 0.6) is 0 Å². The fraction of sp³-hybridized carbons (Fsp3) is 0.370.